The zero-order valence-electron chi connectivity index (χ0n) is 13.5. The van der Waals surface area contributed by atoms with Crippen LogP contribution >= 0.6 is 11.3 Å². The number of rotatable bonds is 5. The van der Waals surface area contributed by atoms with Gasteiger partial charge in [0.2, 0.25) is 0 Å². The van der Waals surface area contributed by atoms with E-state index in [1.165, 1.54) is 9.75 Å². The van der Waals surface area contributed by atoms with Crippen LogP contribution in [0.1, 0.15) is 41.8 Å². The van der Waals surface area contributed by atoms with Crippen molar-refractivity contribution in [1.29, 1.82) is 0 Å². The summed E-state index contributed by atoms with van der Waals surface area (Å²) in [5.74, 6) is 1.01. The standard InChI is InChI=1S/C16H25N3OS/c1-11-12(2)18-19(8-9-20)15(11)17-10-13-6-7-14(21-13)16(3,4)5/h6-7,17,20H,8-10H2,1-5H3. The van der Waals surface area contributed by atoms with Gasteiger partial charge < -0.3 is 10.4 Å². The van der Waals surface area contributed by atoms with Crippen molar-refractivity contribution in [3.8, 4) is 0 Å². The molecule has 0 bridgehead atoms. The van der Waals surface area contributed by atoms with Gasteiger partial charge in [-0.1, -0.05) is 20.8 Å². The number of aliphatic hydroxyl groups is 1. The molecule has 0 unspecified atom stereocenters. The van der Waals surface area contributed by atoms with Gasteiger partial charge in [0.25, 0.3) is 0 Å². The summed E-state index contributed by atoms with van der Waals surface area (Å²) in [4.78, 5) is 2.71. The van der Waals surface area contributed by atoms with Gasteiger partial charge in [-0.15, -0.1) is 11.3 Å². The van der Waals surface area contributed by atoms with Crippen LogP contribution in [-0.4, -0.2) is 21.5 Å². The third-order valence-electron chi connectivity index (χ3n) is 3.57. The second-order valence-electron chi connectivity index (χ2n) is 6.38. The summed E-state index contributed by atoms with van der Waals surface area (Å²) in [7, 11) is 0. The van der Waals surface area contributed by atoms with Crippen LogP contribution in [-0.2, 0) is 18.5 Å². The zero-order valence-corrected chi connectivity index (χ0v) is 14.3. The van der Waals surface area contributed by atoms with Crippen LogP contribution < -0.4 is 5.32 Å². The number of aryl methyl sites for hydroxylation is 1. The molecule has 4 nitrogen and oxygen atoms in total. The molecule has 2 N–H and O–H groups in total. The fraction of sp³-hybridized carbons (Fsp3) is 0.562. The molecule has 21 heavy (non-hydrogen) atoms. The van der Waals surface area contributed by atoms with Gasteiger partial charge in [-0.25, -0.2) is 4.68 Å². The lowest BCUT2D eigenvalue weighted by atomic mass is 9.95. The molecule has 2 heterocycles. The Labute approximate surface area is 130 Å². The molecular formula is C16H25N3OS. The van der Waals surface area contributed by atoms with Crippen LogP contribution in [0.2, 0.25) is 0 Å². The van der Waals surface area contributed by atoms with E-state index in [2.05, 4.69) is 50.2 Å². The largest absolute Gasteiger partial charge is 0.394 e. The number of aromatic nitrogens is 2. The van der Waals surface area contributed by atoms with Gasteiger partial charge in [-0.3, -0.25) is 0 Å². The molecule has 5 heteroatoms. The molecule has 0 spiro atoms. The fourth-order valence-corrected chi connectivity index (χ4v) is 3.20. The summed E-state index contributed by atoms with van der Waals surface area (Å²) < 4.78 is 1.85. The predicted octanol–water partition coefficient (Wildman–Crippen LogP) is 3.46. The lowest BCUT2D eigenvalue weighted by Crippen LogP contribution is -2.10. The van der Waals surface area contributed by atoms with E-state index in [0.717, 1.165) is 23.6 Å². The molecule has 0 amide bonds. The molecule has 0 atom stereocenters. The molecule has 0 saturated carbocycles. The normalized spacial score (nSPS) is 11.9. The Morgan fingerprint density at radius 2 is 2.00 bits per heavy atom. The Hall–Kier alpha value is -1.33. The molecule has 0 saturated heterocycles. The topological polar surface area (TPSA) is 50.1 Å². The Morgan fingerprint density at radius 1 is 1.29 bits per heavy atom. The van der Waals surface area contributed by atoms with Crippen molar-refractivity contribution >= 4 is 17.2 Å². The van der Waals surface area contributed by atoms with Gasteiger partial charge in [0.05, 0.1) is 25.4 Å². The van der Waals surface area contributed by atoms with Crippen LogP contribution in [0, 0.1) is 13.8 Å². The van der Waals surface area contributed by atoms with Crippen LogP contribution in [0.3, 0.4) is 0 Å². The minimum atomic E-state index is 0.0996. The highest BCUT2D eigenvalue weighted by atomic mass is 32.1. The van der Waals surface area contributed by atoms with Crippen molar-refractivity contribution < 1.29 is 5.11 Å². The van der Waals surface area contributed by atoms with Gasteiger partial charge in [0.15, 0.2) is 0 Å². The maximum absolute atomic E-state index is 9.14. The molecule has 0 aliphatic carbocycles. The van der Waals surface area contributed by atoms with Crippen LogP contribution in [0.15, 0.2) is 12.1 Å². The van der Waals surface area contributed by atoms with Crippen molar-refractivity contribution in [2.75, 3.05) is 11.9 Å². The number of hydrogen-bond donors (Lipinski definition) is 2. The highest BCUT2D eigenvalue weighted by Crippen LogP contribution is 2.30. The van der Waals surface area contributed by atoms with Gasteiger partial charge in [0.1, 0.15) is 5.82 Å². The first kappa shape index (κ1) is 16.0. The Morgan fingerprint density at radius 3 is 2.57 bits per heavy atom. The molecule has 0 aliphatic rings. The minimum Gasteiger partial charge on any atom is -0.394 e. The van der Waals surface area contributed by atoms with E-state index >= 15 is 0 Å². The lowest BCUT2D eigenvalue weighted by molar-refractivity contribution is 0.270. The van der Waals surface area contributed by atoms with E-state index in [1.807, 2.05) is 22.9 Å². The summed E-state index contributed by atoms with van der Waals surface area (Å²) in [6, 6.07) is 4.40. The number of nitrogens with zero attached hydrogens (tertiary/aromatic N) is 2. The summed E-state index contributed by atoms with van der Waals surface area (Å²) in [6.07, 6.45) is 0. The molecule has 0 aliphatic heterocycles. The number of hydrogen-bond acceptors (Lipinski definition) is 4. The predicted molar refractivity (Wildman–Crippen MR) is 89.1 cm³/mol. The first-order valence-corrected chi connectivity index (χ1v) is 8.12. The van der Waals surface area contributed by atoms with Crippen LogP contribution in [0.25, 0.3) is 0 Å². The maximum Gasteiger partial charge on any atom is 0.127 e. The summed E-state index contributed by atoms with van der Waals surface area (Å²) in [6.45, 7) is 12.2. The summed E-state index contributed by atoms with van der Waals surface area (Å²) >= 11 is 1.85. The Kier molecular flexibility index (Phi) is 4.74. The SMILES string of the molecule is Cc1nn(CCO)c(NCc2ccc(C(C)(C)C)s2)c1C. The van der Waals surface area contributed by atoms with Crippen molar-refractivity contribution in [3.63, 3.8) is 0 Å². The Bertz CT molecular complexity index is 608. The van der Waals surface area contributed by atoms with E-state index in [1.54, 1.807) is 0 Å². The third-order valence-corrected chi connectivity index (χ3v) is 5.08. The zero-order chi connectivity index (χ0) is 15.6. The van der Waals surface area contributed by atoms with Gasteiger partial charge >= 0.3 is 0 Å². The average Bonchev–Trinajstić information content (AvgIpc) is 2.95. The second kappa shape index (κ2) is 6.20. The van der Waals surface area contributed by atoms with Crippen molar-refractivity contribution in [2.24, 2.45) is 0 Å². The van der Waals surface area contributed by atoms with Crippen LogP contribution in [0.4, 0.5) is 5.82 Å². The number of anilines is 1. The van der Waals surface area contributed by atoms with Crippen molar-refractivity contribution in [2.45, 2.75) is 53.1 Å². The molecule has 0 radical (unpaired) electrons. The molecule has 2 aromatic heterocycles. The maximum atomic E-state index is 9.14. The molecular weight excluding hydrogens is 282 g/mol. The van der Waals surface area contributed by atoms with E-state index in [0.29, 0.717) is 6.54 Å². The monoisotopic (exact) mass is 307 g/mol. The highest BCUT2D eigenvalue weighted by molar-refractivity contribution is 7.12. The number of thiophene rings is 1. The quantitative estimate of drug-likeness (QED) is 0.889. The summed E-state index contributed by atoms with van der Waals surface area (Å²) in [5, 5.41) is 17.1. The third kappa shape index (κ3) is 3.66. The molecule has 0 aromatic carbocycles. The fourth-order valence-electron chi connectivity index (χ4n) is 2.20. The molecule has 116 valence electrons. The van der Waals surface area contributed by atoms with Crippen LogP contribution in [0.5, 0.6) is 0 Å². The Balaban J connectivity index is 2.11. The van der Waals surface area contributed by atoms with E-state index in [-0.39, 0.29) is 12.0 Å². The average molecular weight is 307 g/mol. The van der Waals surface area contributed by atoms with Gasteiger partial charge in [-0.05, 0) is 31.4 Å². The second-order valence-corrected chi connectivity index (χ2v) is 7.54. The molecule has 2 rings (SSSR count). The number of nitrogens with one attached hydrogen (secondary N) is 1. The van der Waals surface area contributed by atoms with Crippen molar-refractivity contribution in [3.05, 3.63) is 33.1 Å². The number of aliphatic hydroxyl groups excluding tert-OH is 1. The van der Waals surface area contributed by atoms with Gasteiger partial charge in [0, 0.05) is 15.3 Å². The highest BCUT2D eigenvalue weighted by Gasteiger charge is 2.16. The first-order valence-electron chi connectivity index (χ1n) is 7.31. The van der Waals surface area contributed by atoms with Crippen molar-refractivity contribution in [1.82, 2.24) is 9.78 Å². The molecule has 0 fully saturated rings. The van der Waals surface area contributed by atoms with Gasteiger partial charge in [-0.2, -0.15) is 5.10 Å². The summed E-state index contributed by atoms with van der Waals surface area (Å²) in [5.41, 5.74) is 2.36. The minimum absolute atomic E-state index is 0.0996. The lowest BCUT2D eigenvalue weighted by Gasteiger charge is -2.15. The van der Waals surface area contributed by atoms with E-state index in [4.69, 9.17) is 5.11 Å². The van der Waals surface area contributed by atoms with E-state index in [9.17, 15) is 0 Å². The smallest absolute Gasteiger partial charge is 0.127 e. The molecule has 2 aromatic rings. The van der Waals surface area contributed by atoms with E-state index < -0.39 is 0 Å². The first-order chi connectivity index (χ1) is 9.82.